The van der Waals surface area contributed by atoms with Crippen molar-refractivity contribution in [3.05, 3.63) is 52.4 Å². The summed E-state index contributed by atoms with van der Waals surface area (Å²) < 4.78 is 60.7. The van der Waals surface area contributed by atoms with Gasteiger partial charge in [0.2, 0.25) is 9.05 Å². The van der Waals surface area contributed by atoms with Gasteiger partial charge in [0.1, 0.15) is 0 Å². The highest BCUT2D eigenvalue weighted by atomic mass is 35.7. The SMILES string of the molecule is CC[C@@H](/C=C\[C@@H](C)c1nc(-c2ccc(C(F)(F)F)cc2)cs1)S(=O)(=O)Cl. The molecule has 0 aliphatic rings. The zero-order valence-electron chi connectivity index (χ0n) is 14.0. The Morgan fingerprint density at radius 1 is 1.23 bits per heavy atom. The van der Waals surface area contributed by atoms with Gasteiger partial charge in [-0.3, -0.25) is 0 Å². The molecule has 0 spiro atoms. The van der Waals surface area contributed by atoms with Crippen molar-refractivity contribution in [1.82, 2.24) is 4.98 Å². The summed E-state index contributed by atoms with van der Waals surface area (Å²) in [5.41, 5.74) is 0.461. The van der Waals surface area contributed by atoms with Crippen LogP contribution in [0.15, 0.2) is 41.8 Å². The van der Waals surface area contributed by atoms with Gasteiger partial charge in [0.15, 0.2) is 0 Å². The van der Waals surface area contributed by atoms with Gasteiger partial charge in [-0.2, -0.15) is 13.2 Å². The number of allylic oxidation sites excluding steroid dienone is 1. The van der Waals surface area contributed by atoms with Crippen LogP contribution in [0.5, 0.6) is 0 Å². The molecule has 0 aliphatic carbocycles. The van der Waals surface area contributed by atoms with Gasteiger partial charge in [-0.05, 0) is 18.6 Å². The molecule has 0 bridgehead atoms. The summed E-state index contributed by atoms with van der Waals surface area (Å²) >= 11 is 1.36. The highest BCUT2D eigenvalue weighted by Crippen LogP contribution is 2.32. The van der Waals surface area contributed by atoms with Crippen LogP contribution in [0.3, 0.4) is 0 Å². The minimum Gasteiger partial charge on any atom is -0.241 e. The van der Waals surface area contributed by atoms with Crippen LogP contribution in [0.25, 0.3) is 11.3 Å². The van der Waals surface area contributed by atoms with Crippen LogP contribution in [0.2, 0.25) is 0 Å². The maximum Gasteiger partial charge on any atom is 0.416 e. The molecule has 1 aromatic heterocycles. The van der Waals surface area contributed by atoms with Crippen LogP contribution < -0.4 is 0 Å². The van der Waals surface area contributed by atoms with E-state index < -0.39 is 26.0 Å². The first-order valence-corrected chi connectivity index (χ1v) is 11.0. The highest BCUT2D eigenvalue weighted by Gasteiger charge is 2.30. The molecule has 2 aromatic rings. The van der Waals surface area contributed by atoms with Crippen molar-refractivity contribution in [3.8, 4) is 11.3 Å². The number of aromatic nitrogens is 1. The maximum atomic E-state index is 12.6. The van der Waals surface area contributed by atoms with E-state index in [0.29, 0.717) is 17.7 Å². The van der Waals surface area contributed by atoms with Crippen LogP contribution in [0, 0.1) is 0 Å². The fraction of sp³-hybridized carbons (Fsp3) is 0.353. The predicted octanol–water partition coefficient (Wildman–Crippen LogP) is 5.84. The lowest BCUT2D eigenvalue weighted by atomic mass is 10.1. The molecule has 0 aliphatic heterocycles. The Bertz CT molecular complexity index is 874. The molecule has 2 atom stereocenters. The number of alkyl halides is 3. The Kier molecular flexibility index (Phi) is 6.52. The molecular weight excluding hydrogens is 407 g/mol. The van der Waals surface area contributed by atoms with Crippen LogP contribution >= 0.6 is 22.0 Å². The maximum absolute atomic E-state index is 12.6. The minimum atomic E-state index is -4.37. The minimum absolute atomic E-state index is 0.143. The number of hydrogen-bond donors (Lipinski definition) is 0. The summed E-state index contributed by atoms with van der Waals surface area (Å²) in [4.78, 5) is 4.44. The first-order valence-electron chi connectivity index (χ1n) is 7.77. The van der Waals surface area contributed by atoms with E-state index in [-0.39, 0.29) is 5.92 Å². The summed E-state index contributed by atoms with van der Waals surface area (Å²) in [6.45, 7) is 3.59. The number of hydrogen-bond acceptors (Lipinski definition) is 4. The molecular formula is C17H17ClF3NO2S2. The average Bonchev–Trinajstić information content (AvgIpc) is 3.03. The van der Waals surface area contributed by atoms with Crippen LogP contribution in [0.4, 0.5) is 13.2 Å². The number of benzene rings is 1. The van der Waals surface area contributed by atoms with E-state index >= 15 is 0 Å². The highest BCUT2D eigenvalue weighted by molar-refractivity contribution is 8.14. The van der Waals surface area contributed by atoms with E-state index in [1.807, 2.05) is 6.92 Å². The molecule has 0 saturated heterocycles. The number of nitrogens with zero attached hydrogens (tertiary/aromatic N) is 1. The van der Waals surface area contributed by atoms with Gasteiger partial charge in [0, 0.05) is 27.5 Å². The molecule has 1 heterocycles. The molecule has 0 fully saturated rings. The summed E-state index contributed by atoms with van der Waals surface area (Å²) in [7, 11) is 1.72. The monoisotopic (exact) mass is 423 g/mol. The lowest BCUT2D eigenvalue weighted by Crippen LogP contribution is -2.11. The van der Waals surface area contributed by atoms with Gasteiger partial charge < -0.3 is 0 Å². The summed E-state index contributed by atoms with van der Waals surface area (Å²) in [5.74, 6) is -0.143. The number of rotatable bonds is 6. The quantitative estimate of drug-likeness (QED) is 0.433. The molecule has 0 unspecified atom stereocenters. The molecule has 3 nitrogen and oxygen atoms in total. The van der Waals surface area contributed by atoms with E-state index in [1.54, 1.807) is 24.5 Å². The second-order valence-electron chi connectivity index (χ2n) is 5.74. The third kappa shape index (κ3) is 5.31. The summed E-state index contributed by atoms with van der Waals surface area (Å²) in [6, 6.07) is 4.81. The molecule has 2 rings (SSSR count). The number of halogens is 4. The first-order chi connectivity index (χ1) is 12.0. The zero-order chi connectivity index (χ0) is 19.5. The normalized spacial score (nSPS) is 15.3. The second kappa shape index (κ2) is 8.10. The average molecular weight is 424 g/mol. The molecule has 142 valence electrons. The standard InChI is InChI=1S/C17H17ClF3NO2S2/c1-3-14(26(18,23)24)9-4-11(2)16-22-15(10-25-16)12-5-7-13(8-6-12)17(19,20)21/h4-11,14H,3H2,1-2H3/b9-4-/t11-,14+/m1/s1. The first kappa shape index (κ1) is 20.9. The molecule has 0 N–H and O–H groups in total. The van der Waals surface area contributed by atoms with E-state index in [0.717, 1.165) is 17.1 Å². The third-order valence-corrected chi connectivity index (χ3v) is 6.74. The third-order valence-electron chi connectivity index (χ3n) is 3.80. The van der Waals surface area contributed by atoms with Crippen molar-refractivity contribution < 1.29 is 21.6 Å². The smallest absolute Gasteiger partial charge is 0.241 e. The van der Waals surface area contributed by atoms with Crippen molar-refractivity contribution in [2.75, 3.05) is 0 Å². The van der Waals surface area contributed by atoms with Gasteiger partial charge in [0.05, 0.1) is 21.5 Å². The number of thiazole rings is 1. The lowest BCUT2D eigenvalue weighted by Gasteiger charge is -2.07. The Labute approximate surface area is 159 Å². The van der Waals surface area contributed by atoms with Gasteiger partial charge in [-0.15, -0.1) is 11.3 Å². The largest absolute Gasteiger partial charge is 0.416 e. The van der Waals surface area contributed by atoms with Crippen molar-refractivity contribution in [3.63, 3.8) is 0 Å². The van der Waals surface area contributed by atoms with E-state index in [9.17, 15) is 21.6 Å². The van der Waals surface area contributed by atoms with Crippen molar-refractivity contribution in [2.24, 2.45) is 0 Å². The lowest BCUT2D eigenvalue weighted by molar-refractivity contribution is -0.137. The fourth-order valence-corrected chi connectivity index (χ4v) is 4.36. The molecule has 0 amide bonds. The molecule has 9 heteroatoms. The second-order valence-corrected chi connectivity index (χ2v) is 9.48. The fourth-order valence-electron chi connectivity index (χ4n) is 2.26. The van der Waals surface area contributed by atoms with E-state index in [2.05, 4.69) is 4.98 Å². The molecule has 0 radical (unpaired) electrons. The summed E-state index contributed by atoms with van der Waals surface area (Å²) in [5, 5.41) is 1.73. The van der Waals surface area contributed by atoms with E-state index in [1.165, 1.54) is 23.5 Å². The van der Waals surface area contributed by atoms with Gasteiger partial charge in [-0.25, -0.2) is 13.4 Å². The summed E-state index contributed by atoms with van der Waals surface area (Å²) in [6.07, 6.45) is -0.733. The molecule has 26 heavy (non-hydrogen) atoms. The predicted molar refractivity (Wildman–Crippen MR) is 99.0 cm³/mol. The zero-order valence-corrected chi connectivity index (χ0v) is 16.4. The van der Waals surface area contributed by atoms with Crippen molar-refractivity contribution >= 4 is 31.1 Å². The van der Waals surface area contributed by atoms with Gasteiger partial charge in [0.25, 0.3) is 0 Å². The van der Waals surface area contributed by atoms with Crippen molar-refractivity contribution in [1.29, 1.82) is 0 Å². The topological polar surface area (TPSA) is 47.0 Å². The van der Waals surface area contributed by atoms with Gasteiger partial charge in [-0.1, -0.05) is 38.1 Å². The van der Waals surface area contributed by atoms with E-state index in [4.69, 9.17) is 10.7 Å². The van der Waals surface area contributed by atoms with Crippen LogP contribution in [-0.4, -0.2) is 18.7 Å². The Morgan fingerprint density at radius 2 is 1.85 bits per heavy atom. The van der Waals surface area contributed by atoms with Gasteiger partial charge >= 0.3 is 6.18 Å². The van der Waals surface area contributed by atoms with Crippen LogP contribution in [0.1, 0.15) is 36.8 Å². The van der Waals surface area contributed by atoms with Crippen LogP contribution in [-0.2, 0) is 15.2 Å². The Hall–Kier alpha value is -1.38. The Balaban J connectivity index is 2.16. The molecule has 1 aromatic carbocycles. The molecule has 0 saturated carbocycles. The Morgan fingerprint density at radius 3 is 2.35 bits per heavy atom. The van der Waals surface area contributed by atoms with Crippen molar-refractivity contribution in [2.45, 2.75) is 37.6 Å².